The first kappa shape index (κ1) is 15.8. The quantitative estimate of drug-likeness (QED) is 0.880. The molecule has 2 aromatic carbocycles. The number of nitrogens with two attached hydrogens (primary N) is 1. The van der Waals surface area contributed by atoms with Gasteiger partial charge in [0.2, 0.25) is 5.91 Å². The van der Waals surface area contributed by atoms with E-state index in [1.54, 1.807) is 36.2 Å². The Kier molecular flexibility index (Phi) is 4.33. The lowest BCUT2D eigenvalue weighted by molar-refractivity contribution is 0.0989. The molecule has 2 amide bonds. The molecule has 1 aliphatic heterocycles. The van der Waals surface area contributed by atoms with Crippen LogP contribution in [0.25, 0.3) is 0 Å². The van der Waals surface area contributed by atoms with Gasteiger partial charge in [-0.1, -0.05) is 12.2 Å². The highest BCUT2D eigenvalue weighted by molar-refractivity contribution is 6.06. The van der Waals surface area contributed by atoms with Crippen LogP contribution in [0.5, 0.6) is 0 Å². The van der Waals surface area contributed by atoms with Crippen LogP contribution in [0.3, 0.4) is 0 Å². The number of anilines is 2. The van der Waals surface area contributed by atoms with Crippen LogP contribution in [-0.2, 0) is 0 Å². The van der Waals surface area contributed by atoms with E-state index >= 15 is 0 Å². The zero-order valence-corrected chi connectivity index (χ0v) is 13.5. The Hall–Kier alpha value is -3.08. The minimum atomic E-state index is -0.484. The molecule has 3 rings (SSSR count). The van der Waals surface area contributed by atoms with Crippen molar-refractivity contribution in [3.63, 3.8) is 0 Å². The Labute approximate surface area is 141 Å². The highest BCUT2D eigenvalue weighted by Gasteiger charge is 2.15. The molecule has 5 heteroatoms. The van der Waals surface area contributed by atoms with Gasteiger partial charge in [-0.2, -0.15) is 0 Å². The maximum atomic E-state index is 12.6. The monoisotopic (exact) mass is 321 g/mol. The van der Waals surface area contributed by atoms with Crippen LogP contribution in [0.15, 0.2) is 60.7 Å². The molecule has 0 aliphatic carbocycles. The summed E-state index contributed by atoms with van der Waals surface area (Å²) in [5.74, 6) is -0.588. The first-order valence-electron chi connectivity index (χ1n) is 7.74. The molecule has 0 saturated heterocycles. The van der Waals surface area contributed by atoms with Gasteiger partial charge in [0.05, 0.1) is 0 Å². The maximum Gasteiger partial charge on any atom is 0.258 e. The number of primary amides is 1. The van der Waals surface area contributed by atoms with E-state index in [0.29, 0.717) is 16.8 Å². The van der Waals surface area contributed by atoms with E-state index in [1.807, 2.05) is 24.3 Å². The Morgan fingerprint density at radius 3 is 2.00 bits per heavy atom. The Balaban J connectivity index is 1.74. The number of carbonyl (C=O) groups is 2. The predicted octanol–water partition coefficient (Wildman–Crippen LogP) is 2.44. The van der Waals surface area contributed by atoms with Crippen molar-refractivity contribution in [2.45, 2.75) is 0 Å². The Bertz CT molecular complexity index is 771. The summed E-state index contributed by atoms with van der Waals surface area (Å²) in [5.41, 5.74) is 8.07. The largest absolute Gasteiger partial charge is 0.366 e. The van der Waals surface area contributed by atoms with Gasteiger partial charge in [0.25, 0.3) is 5.91 Å². The van der Waals surface area contributed by atoms with Gasteiger partial charge in [-0.05, 0) is 48.5 Å². The number of nitrogens with zero attached hydrogens (tertiary/aromatic N) is 2. The number of hydrogen-bond acceptors (Lipinski definition) is 3. The molecule has 5 nitrogen and oxygen atoms in total. The number of carbonyl (C=O) groups excluding carboxylic acids is 2. The second-order valence-corrected chi connectivity index (χ2v) is 5.70. The Morgan fingerprint density at radius 1 is 0.917 bits per heavy atom. The third kappa shape index (κ3) is 3.15. The van der Waals surface area contributed by atoms with Crippen molar-refractivity contribution in [3.05, 3.63) is 71.8 Å². The normalized spacial score (nSPS) is 13.1. The van der Waals surface area contributed by atoms with Gasteiger partial charge in [0.1, 0.15) is 0 Å². The van der Waals surface area contributed by atoms with Crippen molar-refractivity contribution in [2.75, 3.05) is 29.9 Å². The molecule has 24 heavy (non-hydrogen) atoms. The zero-order valence-electron chi connectivity index (χ0n) is 13.5. The van der Waals surface area contributed by atoms with Crippen molar-refractivity contribution in [2.24, 2.45) is 5.73 Å². The number of rotatable bonds is 4. The number of amides is 2. The molecular weight excluding hydrogens is 302 g/mol. The average Bonchev–Trinajstić information content (AvgIpc) is 3.15. The third-order valence-corrected chi connectivity index (χ3v) is 4.14. The zero-order chi connectivity index (χ0) is 17.1. The third-order valence-electron chi connectivity index (χ3n) is 4.14. The van der Waals surface area contributed by atoms with Gasteiger partial charge in [0, 0.05) is 42.6 Å². The van der Waals surface area contributed by atoms with Crippen molar-refractivity contribution < 1.29 is 9.59 Å². The molecular formula is C19H19N3O2. The summed E-state index contributed by atoms with van der Waals surface area (Å²) in [4.78, 5) is 27.5. The maximum absolute atomic E-state index is 12.6. The summed E-state index contributed by atoms with van der Waals surface area (Å²) in [6.45, 7) is 1.80. The first-order chi connectivity index (χ1) is 11.6. The van der Waals surface area contributed by atoms with Crippen molar-refractivity contribution in [1.29, 1.82) is 0 Å². The summed E-state index contributed by atoms with van der Waals surface area (Å²) in [6.07, 6.45) is 4.26. The smallest absolute Gasteiger partial charge is 0.258 e. The summed E-state index contributed by atoms with van der Waals surface area (Å²) >= 11 is 0. The average molecular weight is 321 g/mol. The number of benzene rings is 2. The first-order valence-corrected chi connectivity index (χ1v) is 7.74. The van der Waals surface area contributed by atoms with Crippen LogP contribution in [0.2, 0.25) is 0 Å². The van der Waals surface area contributed by atoms with Gasteiger partial charge in [-0.15, -0.1) is 0 Å². The lowest BCUT2D eigenvalue weighted by Crippen LogP contribution is -2.26. The van der Waals surface area contributed by atoms with Crippen molar-refractivity contribution >= 4 is 23.2 Å². The van der Waals surface area contributed by atoms with E-state index in [0.717, 1.165) is 18.8 Å². The van der Waals surface area contributed by atoms with Gasteiger partial charge >= 0.3 is 0 Å². The van der Waals surface area contributed by atoms with Crippen LogP contribution in [0, 0.1) is 0 Å². The standard InChI is InChI=1S/C19H19N3O2/c1-21(16-8-4-14(5-9-16)18(20)23)19(24)15-6-10-17(11-7-15)22-12-2-3-13-22/h2-11H,12-13H2,1H3,(H2,20,23). The molecule has 0 spiro atoms. The minimum Gasteiger partial charge on any atom is -0.366 e. The van der Waals surface area contributed by atoms with Gasteiger partial charge in [0.15, 0.2) is 0 Å². The molecule has 2 N–H and O–H groups in total. The van der Waals surface area contributed by atoms with Gasteiger partial charge in [-0.25, -0.2) is 0 Å². The molecule has 1 heterocycles. The molecule has 2 aromatic rings. The summed E-state index contributed by atoms with van der Waals surface area (Å²) < 4.78 is 0. The van der Waals surface area contributed by atoms with Crippen LogP contribution in [0.4, 0.5) is 11.4 Å². The molecule has 122 valence electrons. The van der Waals surface area contributed by atoms with Crippen molar-refractivity contribution in [1.82, 2.24) is 0 Å². The minimum absolute atomic E-state index is 0.104. The van der Waals surface area contributed by atoms with E-state index in [-0.39, 0.29) is 5.91 Å². The predicted molar refractivity (Wildman–Crippen MR) is 95.5 cm³/mol. The lowest BCUT2D eigenvalue weighted by Gasteiger charge is -2.20. The van der Waals surface area contributed by atoms with Gasteiger partial charge in [-0.3, -0.25) is 9.59 Å². The van der Waals surface area contributed by atoms with Crippen LogP contribution in [0.1, 0.15) is 20.7 Å². The SMILES string of the molecule is CN(C(=O)c1ccc(N2CC=CC2)cc1)c1ccc(C(N)=O)cc1. The van der Waals surface area contributed by atoms with E-state index in [9.17, 15) is 9.59 Å². The fourth-order valence-electron chi connectivity index (χ4n) is 2.66. The molecule has 0 aromatic heterocycles. The summed E-state index contributed by atoms with van der Waals surface area (Å²) in [7, 11) is 1.71. The number of hydrogen-bond donors (Lipinski definition) is 1. The Morgan fingerprint density at radius 2 is 1.46 bits per heavy atom. The fraction of sp³-hybridized carbons (Fsp3) is 0.158. The topological polar surface area (TPSA) is 66.6 Å². The summed E-state index contributed by atoms with van der Waals surface area (Å²) in [6, 6.07) is 14.3. The molecule has 0 bridgehead atoms. The van der Waals surface area contributed by atoms with Crippen LogP contribution >= 0.6 is 0 Å². The highest BCUT2D eigenvalue weighted by atomic mass is 16.2. The second-order valence-electron chi connectivity index (χ2n) is 5.70. The van der Waals surface area contributed by atoms with Gasteiger partial charge < -0.3 is 15.5 Å². The van der Waals surface area contributed by atoms with E-state index in [2.05, 4.69) is 17.1 Å². The molecule has 0 atom stereocenters. The van der Waals surface area contributed by atoms with E-state index < -0.39 is 5.91 Å². The highest BCUT2D eigenvalue weighted by Crippen LogP contribution is 2.20. The lowest BCUT2D eigenvalue weighted by atomic mass is 10.1. The summed E-state index contributed by atoms with van der Waals surface area (Å²) in [5, 5.41) is 0. The molecule has 1 aliphatic rings. The van der Waals surface area contributed by atoms with E-state index in [4.69, 9.17) is 5.73 Å². The molecule has 0 saturated carbocycles. The van der Waals surface area contributed by atoms with E-state index in [1.165, 1.54) is 0 Å². The molecule has 0 unspecified atom stereocenters. The molecule has 0 fully saturated rings. The van der Waals surface area contributed by atoms with Crippen molar-refractivity contribution in [3.8, 4) is 0 Å². The van der Waals surface area contributed by atoms with Crippen LogP contribution < -0.4 is 15.5 Å². The van der Waals surface area contributed by atoms with Crippen LogP contribution in [-0.4, -0.2) is 32.0 Å². The second kappa shape index (κ2) is 6.58. The fourth-order valence-corrected chi connectivity index (χ4v) is 2.66. The molecule has 0 radical (unpaired) electrons.